The van der Waals surface area contributed by atoms with E-state index in [9.17, 15) is 17.2 Å². The number of rotatable bonds is 4. The van der Waals surface area contributed by atoms with Gasteiger partial charge < -0.3 is 4.74 Å². The van der Waals surface area contributed by atoms with E-state index in [2.05, 4.69) is 4.74 Å². The van der Waals surface area contributed by atoms with Crippen molar-refractivity contribution in [2.75, 3.05) is 19.7 Å². The maximum Gasteiger partial charge on any atom is 0.345 e. The van der Waals surface area contributed by atoms with Gasteiger partial charge in [0.25, 0.3) is 10.2 Å². The zero-order valence-corrected chi connectivity index (χ0v) is 7.51. The van der Waals surface area contributed by atoms with Crippen molar-refractivity contribution in [2.24, 2.45) is 11.1 Å². The summed E-state index contributed by atoms with van der Waals surface area (Å²) < 4.78 is 49.3. The van der Waals surface area contributed by atoms with Crippen molar-refractivity contribution in [1.29, 1.82) is 0 Å². The maximum atomic E-state index is 11.5. The molecule has 8 heteroatoms. The molecule has 0 aromatic rings. The third-order valence-corrected chi connectivity index (χ3v) is 2.76. The first-order chi connectivity index (χ1) is 5.89. The van der Waals surface area contributed by atoms with Crippen molar-refractivity contribution in [3.63, 3.8) is 0 Å². The van der Waals surface area contributed by atoms with Crippen molar-refractivity contribution in [3.05, 3.63) is 0 Å². The second kappa shape index (κ2) is 3.82. The third-order valence-electron chi connectivity index (χ3n) is 1.74. The number of nitrogens with zero attached hydrogens (tertiary/aromatic N) is 1. The summed E-state index contributed by atoms with van der Waals surface area (Å²) in [7, 11) is -3.65. The molecule has 0 radical (unpaired) electrons. The van der Waals surface area contributed by atoms with Crippen LogP contribution in [-0.4, -0.2) is 39.0 Å². The summed E-state index contributed by atoms with van der Waals surface area (Å²) in [5, 5.41) is 4.77. The lowest BCUT2D eigenvalue weighted by Gasteiger charge is -2.36. The Morgan fingerprint density at radius 3 is 2.46 bits per heavy atom. The van der Waals surface area contributed by atoms with E-state index in [1.54, 1.807) is 0 Å². The van der Waals surface area contributed by atoms with Crippen LogP contribution in [0.15, 0.2) is 0 Å². The van der Waals surface area contributed by atoms with Crippen molar-refractivity contribution in [3.8, 4) is 0 Å². The lowest BCUT2D eigenvalue weighted by Crippen LogP contribution is -2.53. The number of nitrogens with two attached hydrogens (primary N) is 1. The molecule has 0 saturated carbocycles. The fourth-order valence-electron chi connectivity index (χ4n) is 1.04. The number of hydrogen-bond acceptors (Lipinski definition) is 3. The molecule has 2 N–H and O–H groups in total. The number of alkyl halides is 2. The SMILES string of the molecule is NS(=O)(=O)N1CC(COC(F)F)C1. The van der Waals surface area contributed by atoms with E-state index in [4.69, 9.17) is 5.14 Å². The summed E-state index contributed by atoms with van der Waals surface area (Å²) in [6.45, 7) is -2.62. The Labute approximate surface area is 74.6 Å². The van der Waals surface area contributed by atoms with Gasteiger partial charge in [-0.2, -0.15) is 21.5 Å². The highest BCUT2D eigenvalue weighted by atomic mass is 32.2. The quantitative estimate of drug-likeness (QED) is 0.679. The van der Waals surface area contributed by atoms with Gasteiger partial charge in [-0.05, 0) is 0 Å². The Bertz CT molecular complexity index is 263. The average Bonchev–Trinajstić information content (AvgIpc) is 1.79. The Balaban J connectivity index is 2.19. The number of halogens is 2. The first kappa shape index (κ1) is 10.8. The molecule has 0 atom stereocenters. The maximum absolute atomic E-state index is 11.5. The molecule has 0 aromatic carbocycles. The first-order valence-corrected chi connectivity index (χ1v) is 5.07. The van der Waals surface area contributed by atoms with Gasteiger partial charge >= 0.3 is 6.61 Å². The lowest BCUT2D eigenvalue weighted by molar-refractivity contribution is -0.145. The summed E-state index contributed by atoms with van der Waals surface area (Å²) in [6.07, 6.45) is 0. The minimum Gasteiger partial charge on any atom is -0.323 e. The van der Waals surface area contributed by atoms with Crippen molar-refractivity contribution >= 4 is 10.2 Å². The molecule has 0 bridgehead atoms. The first-order valence-electron chi connectivity index (χ1n) is 3.57. The summed E-state index contributed by atoms with van der Waals surface area (Å²) in [5.74, 6) is -0.174. The minimum atomic E-state index is -3.65. The zero-order chi connectivity index (χ0) is 10.1. The lowest BCUT2D eigenvalue weighted by atomic mass is 10.1. The van der Waals surface area contributed by atoms with Crippen LogP contribution in [0.3, 0.4) is 0 Å². The van der Waals surface area contributed by atoms with Gasteiger partial charge in [-0.25, -0.2) is 5.14 Å². The van der Waals surface area contributed by atoms with Crippen LogP contribution in [0.25, 0.3) is 0 Å². The van der Waals surface area contributed by atoms with E-state index in [-0.39, 0.29) is 25.6 Å². The number of ether oxygens (including phenoxy) is 1. The Morgan fingerprint density at radius 2 is 2.08 bits per heavy atom. The molecule has 0 aromatic heterocycles. The van der Waals surface area contributed by atoms with Crippen LogP contribution in [0.5, 0.6) is 0 Å². The van der Waals surface area contributed by atoms with Crippen molar-refractivity contribution in [2.45, 2.75) is 6.61 Å². The van der Waals surface area contributed by atoms with E-state index < -0.39 is 16.8 Å². The molecule has 0 unspecified atom stereocenters. The van der Waals surface area contributed by atoms with Crippen LogP contribution >= 0.6 is 0 Å². The molecule has 1 heterocycles. The van der Waals surface area contributed by atoms with Gasteiger partial charge in [0.2, 0.25) is 0 Å². The van der Waals surface area contributed by atoms with Gasteiger partial charge in [-0.15, -0.1) is 0 Å². The van der Waals surface area contributed by atoms with Crippen LogP contribution in [0, 0.1) is 5.92 Å². The molecule has 1 saturated heterocycles. The van der Waals surface area contributed by atoms with Crippen LogP contribution < -0.4 is 5.14 Å². The van der Waals surface area contributed by atoms with Crippen molar-refractivity contribution < 1.29 is 21.9 Å². The standard InChI is InChI=1S/C5H10F2N2O3S/c6-5(7)12-3-4-1-9(2-4)13(8,10)11/h4-5H,1-3H2,(H2,8,10,11). The molecule has 1 aliphatic rings. The monoisotopic (exact) mass is 216 g/mol. The molecule has 1 fully saturated rings. The molecule has 1 aliphatic heterocycles. The predicted molar refractivity (Wildman–Crippen MR) is 40.1 cm³/mol. The van der Waals surface area contributed by atoms with Gasteiger partial charge in [-0.3, -0.25) is 0 Å². The van der Waals surface area contributed by atoms with Gasteiger partial charge in [0.1, 0.15) is 0 Å². The molecule has 0 amide bonds. The van der Waals surface area contributed by atoms with Gasteiger partial charge in [0.05, 0.1) is 6.61 Å². The Kier molecular flexibility index (Phi) is 3.17. The highest BCUT2D eigenvalue weighted by Gasteiger charge is 2.34. The Morgan fingerprint density at radius 1 is 1.54 bits per heavy atom. The Hall–Kier alpha value is -0.310. The highest BCUT2D eigenvalue weighted by Crippen LogP contribution is 2.18. The zero-order valence-electron chi connectivity index (χ0n) is 6.69. The van der Waals surface area contributed by atoms with E-state index >= 15 is 0 Å². The summed E-state index contributed by atoms with van der Waals surface area (Å²) in [4.78, 5) is 0. The van der Waals surface area contributed by atoms with E-state index in [1.807, 2.05) is 0 Å². The molecule has 78 valence electrons. The summed E-state index contributed by atoms with van der Waals surface area (Å²) >= 11 is 0. The largest absolute Gasteiger partial charge is 0.345 e. The van der Waals surface area contributed by atoms with Crippen molar-refractivity contribution in [1.82, 2.24) is 4.31 Å². The predicted octanol–water partition coefficient (Wildman–Crippen LogP) is -0.639. The van der Waals surface area contributed by atoms with Gasteiger partial charge in [0, 0.05) is 19.0 Å². The number of hydrogen-bond donors (Lipinski definition) is 1. The fraction of sp³-hybridized carbons (Fsp3) is 1.00. The van der Waals surface area contributed by atoms with Crippen LogP contribution in [0.1, 0.15) is 0 Å². The van der Waals surface area contributed by atoms with Gasteiger partial charge in [0.15, 0.2) is 0 Å². The molecule has 5 nitrogen and oxygen atoms in total. The molecule has 13 heavy (non-hydrogen) atoms. The molecule has 0 spiro atoms. The summed E-state index contributed by atoms with van der Waals surface area (Å²) in [6, 6.07) is 0. The average molecular weight is 216 g/mol. The molecular formula is C5H10F2N2O3S. The highest BCUT2D eigenvalue weighted by molar-refractivity contribution is 7.86. The molecule has 0 aliphatic carbocycles. The second-order valence-electron chi connectivity index (χ2n) is 2.82. The third kappa shape index (κ3) is 3.14. The summed E-state index contributed by atoms with van der Waals surface area (Å²) in [5.41, 5.74) is 0. The molecular weight excluding hydrogens is 206 g/mol. The molecule has 1 rings (SSSR count). The van der Waals surface area contributed by atoms with Crippen LogP contribution in [0.4, 0.5) is 8.78 Å². The van der Waals surface area contributed by atoms with Crippen LogP contribution in [0.2, 0.25) is 0 Å². The van der Waals surface area contributed by atoms with Crippen LogP contribution in [-0.2, 0) is 14.9 Å². The normalized spacial score (nSPS) is 20.6. The van der Waals surface area contributed by atoms with E-state index in [0.29, 0.717) is 0 Å². The van der Waals surface area contributed by atoms with E-state index in [0.717, 1.165) is 4.31 Å². The fourth-order valence-corrected chi connectivity index (χ4v) is 1.88. The van der Waals surface area contributed by atoms with Gasteiger partial charge in [-0.1, -0.05) is 0 Å². The smallest absolute Gasteiger partial charge is 0.323 e. The van der Waals surface area contributed by atoms with E-state index in [1.165, 1.54) is 0 Å². The second-order valence-corrected chi connectivity index (χ2v) is 4.37. The topological polar surface area (TPSA) is 72.6 Å². The minimum absolute atomic E-state index is 0.135.